The fraction of sp³-hybridized carbons (Fsp3) is 0. The first-order valence-electron chi connectivity index (χ1n) is 7.83. The summed E-state index contributed by atoms with van der Waals surface area (Å²) in [4.78, 5) is 16.3. The van der Waals surface area contributed by atoms with Gasteiger partial charge in [0.15, 0.2) is 5.70 Å². The number of halogens is 3. The zero-order chi connectivity index (χ0) is 19.0. The van der Waals surface area contributed by atoms with Crippen molar-refractivity contribution in [3.8, 4) is 11.3 Å². The van der Waals surface area contributed by atoms with E-state index >= 15 is 0 Å². The summed E-state index contributed by atoms with van der Waals surface area (Å²) in [6.45, 7) is 0. The van der Waals surface area contributed by atoms with E-state index in [1.165, 1.54) is 6.08 Å². The molecule has 0 atom stereocenters. The van der Waals surface area contributed by atoms with Crippen LogP contribution in [0.4, 0.5) is 0 Å². The topological polar surface area (TPSA) is 51.8 Å². The fourth-order valence-corrected chi connectivity index (χ4v) is 3.23. The number of carbonyl (C=O) groups is 1. The summed E-state index contributed by atoms with van der Waals surface area (Å²) in [7, 11) is 0. The van der Waals surface area contributed by atoms with Gasteiger partial charge in [0.1, 0.15) is 11.5 Å². The molecule has 0 radical (unpaired) electrons. The van der Waals surface area contributed by atoms with Crippen LogP contribution in [0.15, 0.2) is 69.7 Å². The van der Waals surface area contributed by atoms with E-state index in [1.54, 1.807) is 42.5 Å². The highest BCUT2D eigenvalue weighted by atomic mass is 35.5. The van der Waals surface area contributed by atoms with Crippen LogP contribution in [0.3, 0.4) is 0 Å². The number of ether oxygens (including phenoxy) is 1. The first-order valence-corrected chi connectivity index (χ1v) is 8.97. The molecule has 0 saturated heterocycles. The fourth-order valence-electron chi connectivity index (χ4n) is 2.55. The summed E-state index contributed by atoms with van der Waals surface area (Å²) in [5.41, 5.74) is 1.43. The van der Waals surface area contributed by atoms with Crippen molar-refractivity contribution in [2.24, 2.45) is 4.99 Å². The van der Waals surface area contributed by atoms with Crippen LogP contribution < -0.4 is 0 Å². The Balaban J connectivity index is 1.64. The number of hydrogen-bond donors (Lipinski definition) is 0. The van der Waals surface area contributed by atoms with Gasteiger partial charge in [-0.2, -0.15) is 0 Å². The summed E-state index contributed by atoms with van der Waals surface area (Å²) in [6.07, 6.45) is 1.51. The van der Waals surface area contributed by atoms with Crippen LogP contribution in [0.25, 0.3) is 17.4 Å². The molecule has 1 aromatic heterocycles. The van der Waals surface area contributed by atoms with Crippen molar-refractivity contribution in [2.75, 3.05) is 0 Å². The third-order valence-electron chi connectivity index (χ3n) is 3.80. The van der Waals surface area contributed by atoms with Gasteiger partial charge in [-0.1, -0.05) is 46.9 Å². The molecule has 0 aliphatic carbocycles. The Morgan fingerprint density at radius 3 is 2.52 bits per heavy atom. The van der Waals surface area contributed by atoms with Gasteiger partial charge >= 0.3 is 5.97 Å². The minimum Gasteiger partial charge on any atom is -0.457 e. The zero-order valence-electron chi connectivity index (χ0n) is 13.6. The first kappa shape index (κ1) is 17.9. The van der Waals surface area contributed by atoms with Gasteiger partial charge in [0.25, 0.3) is 0 Å². The van der Waals surface area contributed by atoms with Crippen molar-refractivity contribution in [3.63, 3.8) is 0 Å². The van der Waals surface area contributed by atoms with E-state index < -0.39 is 5.97 Å². The van der Waals surface area contributed by atoms with Crippen molar-refractivity contribution in [1.29, 1.82) is 0 Å². The predicted octanol–water partition coefficient (Wildman–Crippen LogP) is 6.25. The van der Waals surface area contributed by atoms with Crippen LogP contribution in [0.1, 0.15) is 11.3 Å². The molecule has 4 nitrogen and oxygen atoms in total. The molecule has 0 fully saturated rings. The molecule has 0 unspecified atom stereocenters. The molecule has 0 N–H and O–H groups in total. The van der Waals surface area contributed by atoms with Crippen molar-refractivity contribution >= 4 is 52.7 Å². The van der Waals surface area contributed by atoms with E-state index in [0.717, 1.165) is 5.56 Å². The Bertz CT molecular complexity index is 1120. The van der Waals surface area contributed by atoms with E-state index in [4.69, 9.17) is 44.0 Å². The minimum atomic E-state index is -0.586. The highest BCUT2D eigenvalue weighted by molar-refractivity contribution is 6.37. The lowest BCUT2D eigenvalue weighted by Crippen LogP contribution is -2.05. The number of benzene rings is 2. The van der Waals surface area contributed by atoms with Crippen LogP contribution in [-0.2, 0) is 9.53 Å². The number of rotatable bonds is 3. The van der Waals surface area contributed by atoms with Gasteiger partial charge in [-0.05, 0) is 42.5 Å². The molecular weight excluding hydrogens is 409 g/mol. The minimum absolute atomic E-state index is 0.114. The van der Waals surface area contributed by atoms with E-state index in [0.29, 0.717) is 32.2 Å². The van der Waals surface area contributed by atoms with Crippen LogP contribution >= 0.6 is 34.8 Å². The van der Waals surface area contributed by atoms with Crippen LogP contribution in [0.2, 0.25) is 15.1 Å². The van der Waals surface area contributed by atoms with Crippen molar-refractivity contribution in [2.45, 2.75) is 0 Å². The van der Waals surface area contributed by atoms with Gasteiger partial charge < -0.3 is 9.15 Å². The molecule has 1 aliphatic heterocycles. The second-order valence-corrected chi connectivity index (χ2v) is 6.95. The number of furan rings is 1. The van der Waals surface area contributed by atoms with E-state index in [1.807, 2.05) is 12.1 Å². The maximum absolute atomic E-state index is 12.1. The highest BCUT2D eigenvalue weighted by Gasteiger charge is 2.26. The lowest BCUT2D eigenvalue weighted by molar-refractivity contribution is -0.129. The third kappa shape index (κ3) is 3.78. The van der Waals surface area contributed by atoms with Gasteiger partial charge in [-0.3, -0.25) is 0 Å². The molecule has 4 rings (SSSR count). The van der Waals surface area contributed by atoms with Crippen molar-refractivity contribution in [3.05, 3.63) is 86.7 Å². The SMILES string of the molecule is O=C1OC(c2ccc(Cl)cc2Cl)=N/C1=C\c1ccc(-c2cccc(Cl)c2)o1. The Hall–Kier alpha value is -2.53. The van der Waals surface area contributed by atoms with Crippen LogP contribution in [0.5, 0.6) is 0 Å². The van der Waals surface area contributed by atoms with E-state index in [9.17, 15) is 4.79 Å². The molecule has 0 bridgehead atoms. The maximum atomic E-state index is 12.1. The Morgan fingerprint density at radius 1 is 0.926 bits per heavy atom. The standard InChI is InChI=1S/C20H10Cl3NO3/c21-12-3-1-2-11(8-12)18-7-5-14(26-18)10-17-20(25)27-19(24-17)15-6-4-13(22)9-16(15)23/h1-10H/b17-10-. The quantitative estimate of drug-likeness (QED) is 0.373. The zero-order valence-corrected chi connectivity index (χ0v) is 15.8. The number of nitrogens with zero attached hydrogens (tertiary/aromatic N) is 1. The maximum Gasteiger partial charge on any atom is 0.363 e. The summed E-state index contributed by atoms with van der Waals surface area (Å²) >= 11 is 18.0. The van der Waals surface area contributed by atoms with Crippen molar-refractivity contribution < 1.29 is 13.9 Å². The molecule has 0 amide bonds. The van der Waals surface area contributed by atoms with Gasteiger partial charge in [0.05, 0.1) is 10.6 Å². The predicted molar refractivity (Wildman–Crippen MR) is 106 cm³/mol. The summed E-state index contributed by atoms with van der Waals surface area (Å²) in [5, 5.41) is 1.43. The van der Waals surface area contributed by atoms with Gasteiger partial charge in [-0.15, -0.1) is 0 Å². The molecule has 2 aromatic carbocycles. The number of aliphatic imine (C=N–C) groups is 1. The van der Waals surface area contributed by atoms with Gasteiger partial charge in [0.2, 0.25) is 5.90 Å². The smallest absolute Gasteiger partial charge is 0.363 e. The van der Waals surface area contributed by atoms with Gasteiger partial charge in [-0.25, -0.2) is 9.79 Å². The lowest BCUT2D eigenvalue weighted by Gasteiger charge is -2.02. The number of hydrogen-bond acceptors (Lipinski definition) is 4. The molecule has 0 saturated carbocycles. The molecule has 1 aliphatic rings. The second-order valence-electron chi connectivity index (χ2n) is 5.67. The van der Waals surface area contributed by atoms with E-state index in [2.05, 4.69) is 4.99 Å². The number of cyclic esters (lactones) is 1. The molecule has 0 spiro atoms. The highest BCUT2D eigenvalue weighted by Crippen LogP contribution is 2.28. The molecule has 134 valence electrons. The summed E-state index contributed by atoms with van der Waals surface area (Å²) in [6, 6.07) is 15.7. The Morgan fingerprint density at radius 2 is 1.74 bits per heavy atom. The molecular formula is C20H10Cl3NO3. The molecule has 3 aromatic rings. The van der Waals surface area contributed by atoms with Gasteiger partial charge in [0, 0.05) is 21.7 Å². The van der Waals surface area contributed by atoms with E-state index in [-0.39, 0.29) is 11.6 Å². The molecule has 27 heavy (non-hydrogen) atoms. The largest absolute Gasteiger partial charge is 0.457 e. The molecule has 2 heterocycles. The summed E-state index contributed by atoms with van der Waals surface area (Å²) in [5.74, 6) is 0.621. The lowest BCUT2D eigenvalue weighted by atomic mass is 10.2. The first-order chi connectivity index (χ1) is 13.0. The molecule has 7 heteroatoms. The normalized spacial score (nSPS) is 15.1. The van der Waals surface area contributed by atoms with Crippen LogP contribution in [0, 0.1) is 0 Å². The number of carbonyl (C=O) groups excluding carboxylic acids is 1. The number of esters is 1. The second kappa shape index (κ2) is 7.24. The van der Waals surface area contributed by atoms with Crippen molar-refractivity contribution in [1.82, 2.24) is 0 Å². The average molecular weight is 419 g/mol. The van der Waals surface area contributed by atoms with Crippen LogP contribution in [-0.4, -0.2) is 11.9 Å². The third-order valence-corrected chi connectivity index (χ3v) is 4.58. The monoisotopic (exact) mass is 417 g/mol. The Kier molecular flexibility index (Phi) is 4.79. The average Bonchev–Trinajstić information content (AvgIpc) is 3.23. The summed E-state index contributed by atoms with van der Waals surface area (Å²) < 4.78 is 11.0. The Labute approximate surface area is 169 Å².